The fraction of sp³-hybridized carbons (Fsp3) is 0.778. The van der Waals surface area contributed by atoms with E-state index < -0.39 is 17.4 Å². The molecule has 1 N–H and O–H groups in total. The fourth-order valence-electron chi connectivity index (χ4n) is 1.36. The Balaban J connectivity index is 2.76. The van der Waals surface area contributed by atoms with Crippen LogP contribution in [0.4, 0.5) is 4.39 Å². The van der Waals surface area contributed by atoms with Gasteiger partial charge in [-0.25, -0.2) is 9.18 Å². The van der Waals surface area contributed by atoms with E-state index in [4.69, 9.17) is 0 Å². The van der Waals surface area contributed by atoms with Gasteiger partial charge < -0.3 is 10.1 Å². The van der Waals surface area contributed by atoms with Crippen molar-refractivity contribution in [1.82, 2.24) is 5.32 Å². The molecule has 0 aromatic heterocycles. The lowest BCUT2D eigenvalue weighted by Gasteiger charge is -2.19. The van der Waals surface area contributed by atoms with E-state index in [1.807, 2.05) is 0 Å². The first kappa shape index (κ1) is 11.1. The van der Waals surface area contributed by atoms with E-state index in [1.54, 1.807) is 6.92 Å². The van der Waals surface area contributed by atoms with Gasteiger partial charge in [0.25, 0.3) is 5.67 Å². The van der Waals surface area contributed by atoms with Gasteiger partial charge in [-0.1, -0.05) is 0 Å². The van der Waals surface area contributed by atoms with Crippen LogP contribution in [0.2, 0.25) is 0 Å². The Hall–Kier alpha value is -0.970. The van der Waals surface area contributed by atoms with Crippen LogP contribution >= 0.6 is 0 Å². The third-order valence-electron chi connectivity index (χ3n) is 2.17. The first-order valence-corrected chi connectivity index (χ1v) is 4.71. The van der Waals surface area contributed by atoms with E-state index in [0.29, 0.717) is 13.0 Å². The van der Waals surface area contributed by atoms with Gasteiger partial charge >= 0.3 is 5.97 Å². The zero-order chi connectivity index (χ0) is 10.6. The third-order valence-corrected chi connectivity index (χ3v) is 2.17. The molecule has 80 valence electrons. The number of carbonyl (C=O) groups excluding carboxylic acids is 2. The Labute approximate surface area is 81.8 Å². The van der Waals surface area contributed by atoms with Crippen LogP contribution in [0.25, 0.3) is 0 Å². The molecule has 0 radical (unpaired) electrons. The molecule has 1 saturated heterocycles. The van der Waals surface area contributed by atoms with Gasteiger partial charge in [0.05, 0.1) is 6.61 Å². The zero-order valence-electron chi connectivity index (χ0n) is 8.14. The summed E-state index contributed by atoms with van der Waals surface area (Å²) in [7, 11) is 0. The molecule has 0 amide bonds. The van der Waals surface area contributed by atoms with Gasteiger partial charge in [-0.2, -0.15) is 0 Å². The van der Waals surface area contributed by atoms with E-state index in [0.717, 1.165) is 0 Å². The monoisotopic (exact) mass is 203 g/mol. The van der Waals surface area contributed by atoms with Crippen LogP contribution in [0, 0.1) is 0 Å². The molecule has 0 aromatic rings. The van der Waals surface area contributed by atoms with Crippen LogP contribution in [0.15, 0.2) is 0 Å². The third kappa shape index (κ3) is 2.09. The van der Waals surface area contributed by atoms with Gasteiger partial charge in [0.1, 0.15) is 0 Å². The second-order valence-corrected chi connectivity index (χ2v) is 3.23. The summed E-state index contributed by atoms with van der Waals surface area (Å²) in [4.78, 5) is 22.6. The first-order chi connectivity index (χ1) is 6.61. The Bertz CT molecular complexity index is 244. The lowest BCUT2D eigenvalue weighted by atomic mass is 9.98. The number of ketones is 1. The summed E-state index contributed by atoms with van der Waals surface area (Å²) in [5, 5.41) is 2.71. The summed E-state index contributed by atoms with van der Waals surface area (Å²) in [6.45, 7) is 1.94. The molecule has 0 bridgehead atoms. The molecule has 5 heteroatoms. The second kappa shape index (κ2) is 4.50. The molecule has 1 aliphatic rings. The summed E-state index contributed by atoms with van der Waals surface area (Å²) >= 11 is 0. The van der Waals surface area contributed by atoms with E-state index in [-0.39, 0.29) is 19.6 Å². The van der Waals surface area contributed by atoms with Crippen molar-refractivity contribution in [1.29, 1.82) is 0 Å². The molecule has 1 heterocycles. The largest absolute Gasteiger partial charge is 0.463 e. The molecule has 0 aromatic carbocycles. The number of hydrogen-bond acceptors (Lipinski definition) is 4. The van der Waals surface area contributed by atoms with Crippen LogP contribution in [-0.2, 0) is 14.3 Å². The Morgan fingerprint density at radius 2 is 2.43 bits per heavy atom. The molecule has 0 aliphatic carbocycles. The highest BCUT2D eigenvalue weighted by atomic mass is 19.1. The number of carbonyl (C=O) groups is 2. The summed E-state index contributed by atoms with van der Waals surface area (Å²) < 4.78 is 18.5. The van der Waals surface area contributed by atoms with Crippen LogP contribution < -0.4 is 5.32 Å². The van der Waals surface area contributed by atoms with E-state index in [1.165, 1.54) is 0 Å². The molecular weight excluding hydrogens is 189 g/mol. The van der Waals surface area contributed by atoms with Crippen LogP contribution in [-0.4, -0.2) is 37.1 Å². The molecule has 1 aliphatic heterocycles. The minimum absolute atomic E-state index is 0.0811. The number of rotatable bonds is 2. The van der Waals surface area contributed by atoms with E-state index in [9.17, 15) is 14.0 Å². The average Bonchev–Trinajstić information content (AvgIpc) is 2.31. The number of hydrogen-bond donors (Lipinski definition) is 1. The molecule has 1 unspecified atom stereocenters. The summed E-state index contributed by atoms with van der Waals surface area (Å²) in [5.74, 6) is -1.75. The molecule has 0 spiro atoms. The van der Waals surface area contributed by atoms with Crippen molar-refractivity contribution in [3.63, 3.8) is 0 Å². The van der Waals surface area contributed by atoms with Crippen LogP contribution in [0.3, 0.4) is 0 Å². The maximum Gasteiger partial charge on any atom is 0.353 e. The van der Waals surface area contributed by atoms with Gasteiger partial charge in [-0.05, 0) is 19.9 Å². The van der Waals surface area contributed by atoms with E-state index in [2.05, 4.69) is 10.1 Å². The SMILES string of the molecule is CCOC(=O)C1(F)CNCCCC1=O. The number of Topliss-reactive ketones (excluding diaryl/α,β-unsaturated/α-hetero) is 1. The van der Waals surface area contributed by atoms with Gasteiger partial charge in [-0.3, -0.25) is 4.79 Å². The van der Waals surface area contributed by atoms with Crippen LogP contribution in [0.5, 0.6) is 0 Å². The summed E-state index contributed by atoms with van der Waals surface area (Å²) in [6.07, 6.45) is 0.645. The van der Waals surface area contributed by atoms with Gasteiger partial charge in [0.15, 0.2) is 5.78 Å². The van der Waals surface area contributed by atoms with Crippen molar-refractivity contribution in [2.45, 2.75) is 25.4 Å². The number of halogens is 1. The maximum absolute atomic E-state index is 13.9. The van der Waals surface area contributed by atoms with Gasteiger partial charge in [0.2, 0.25) is 0 Å². The minimum Gasteiger partial charge on any atom is -0.463 e. The molecule has 4 nitrogen and oxygen atoms in total. The first-order valence-electron chi connectivity index (χ1n) is 4.71. The number of ether oxygens (including phenoxy) is 1. The van der Waals surface area contributed by atoms with Crippen LogP contribution in [0.1, 0.15) is 19.8 Å². The standard InChI is InChI=1S/C9H14FNO3/c1-2-14-8(13)9(10)6-11-5-3-4-7(9)12/h11H,2-6H2,1H3. The Morgan fingerprint density at radius 1 is 1.71 bits per heavy atom. The average molecular weight is 203 g/mol. The smallest absolute Gasteiger partial charge is 0.353 e. The molecule has 14 heavy (non-hydrogen) atoms. The highest BCUT2D eigenvalue weighted by Crippen LogP contribution is 2.19. The van der Waals surface area contributed by atoms with Crippen molar-refractivity contribution < 1.29 is 18.7 Å². The maximum atomic E-state index is 13.9. The fourth-order valence-corrected chi connectivity index (χ4v) is 1.36. The lowest BCUT2D eigenvalue weighted by molar-refractivity contribution is -0.161. The Morgan fingerprint density at radius 3 is 3.07 bits per heavy atom. The summed E-state index contributed by atoms with van der Waals surface area (Å²) in [5.41, 5.74) is -2.48. The molecule has 0 saturated carbocycles. The van der Waals surface area contributed by atoms with E-state index >= 15 is 0 Å². The summed E-state index contributed by atoms with van der Waals surface area (Å²) in [6, 6.07) is 0. The molecule has 1 fully saturated rings. The van der Waals surface area contributed by atoms with Crippen molar-refractivity contribution in [2.75, 3.05) is 19.7 Å². The normalized spacial score (nSPS) is 28.3. The Kier molecular flexibility index (Phi) is 3.57. The van der Waals surface area contributed by atoms with Gasteiger partial charge in [-0.15, -0.1) is 0 Å². The van der Waals surface area contributed by atoms with Crippen molar-refractivity contribution in [3.8, 4) is 0 Å². The predicted octanol–water partition coefficient (Wildman–Crippen LogP) is 0.210. The molecule has 1 atom stereocenters. The number of esters is 1. The number of nitrogens with one attached hydrogen (secondary N) is 1. The van der Waals surface area contributed by atoms with Crippen molar-refractivity contribution >= 4 is 11.8 Å². The predicted molar refractivity (Wildman–Crippen MR) is 47.6 cm³/mol. The van der Waals surface area contributed by atoms with Crippen molar-refractivity contribution in [2.24, 2.45) is 0 Å². The molecule has 1 rings (SSSR count). The highest BCUT2D eigenvalue weighted by Gasteiger charge is 2.47. The zero-order valence-corrected chi connectivity index (χ0v) is 8.14. The lowest BCUT2D eigenvalue weighted by Crippen LogP contribution is -2.49. The minimum atomic E-state index is -2.48. The molecular formula is C9H14FNO3. The highest BCUT2D eigenvalue weighted by molar-refractivity contribution is 6.07. The topological polar surface area (TPSA) is 55.4 Å². The van der Waals surface area contributed by atoms with Gasteiger partial charge in [0, 0.05) is 13.0 Å². The second-order valence-electron chi connectivity index (χ2n) is 3.23. The number of alkyl halides is 1. The quantitative estimate of drug-likeness (QED) is 0.515. The van der Waals surface area contributed by atoms with Crippen molar-refractivity contribution in [3.05, 3.63) is 0 Å².